The van der Waals surface area contributed by atoms with E-state index in [-0.39, 0.29) is 0 Å². The summed E-state index contributed by atoms with van der Waals surface area (Å²) in [5.74, 6) is 0.562. The lowest BCUT2D eigenvalue weighted by Crippen LogP contribution is -2.49. The number of benzene rings is 1. The molecule has 5 heteroatoms. The normalized spacial score (nSPS) is 19.2. The van der Waals surface area contributed by atoms with Crippen LogP contribution in [0.2, 0.25) is 0 Å². The summed E-state index contributed by atoms with van der Waals surface area (Å²) in [4.78, 5) is 11.5. The predicted molar refractivity (Wildman–Crippen MR) is 69.7 cm³/mol. The van der Waals surface area contributed by atoms with Gasteiger partial charge in [-0.3, -0.25) is 0 Å². The van der Waals surface area contributed by atoms with Gasteiger partial charge < -0.3 is 20.7 Å². The SMILES string of the molecule is O=C(NCCC1CNCCN1)Oc1ccccc1. The van der Waals surface area contributed by atoms with Crippen LogP contribution < -0.4 is 20.7 Å². The Hall–Kier alpha value is -1.59. The Kier molecular flexibility index (Phi) is 4.99. The van der Waals surface area contributed by atoms with Gasteiger partial charge in [0.2, 0.25) is 0 Å². The molecule has 0 bridgehead atoms. The Morgan fingerprint density at radius 1 is 1.33 bits per heavy atom. The lowest BCUT2D eigenvalue weighted by atomic mass is 10.2. The molecule has 1 unspecified atom stereocenters. The van der Waals surface area contributed by atoms with Gasteiger partial charge in [-0.2, -0.15) is 0 Å². The predicted octanol–water partition coefficient (Wildman–Crippen LogP) is 0.726. The van der Waals surface area contributed by atoms with E-state index in [1.807, 2.05) is 18.2 Å². The molecule has 1 aliphatic heterocycles. The summed E-state index contributed by atoms with van der Waals surface area (Å²) in [6.45, 7) is 3.57. The number of nitrogens with one attached hydrogen (secondary N) is 3. The standard InChI is InChI=1S/C13H19N3O2/c17-13(18-12-4-2-1-3-5-12)16-7-6-11-10-14-8-9-15-11/h1-5,11,14-15H,6-10H2,(H,16,17). The Labute approximate surface area is 107 Å². The van der Waals surface area contributed by atoms with Gasteiger partial charge in [-0.1, -0.05) is 18.2 Å². The number of para-hydroxylation sites is 1. The van der Waals surface area contributed by atoms with Crippen molar-refractivity contribution in [2.24, 2.45) is 0 Å². The molecular weight excluding hydrogens is 230 g/mol. The van der Waals surface area contributed by atoms with E-state index in [4.69, 9.17) is 4.74 Å². The number of hydrogen-bond donors (Lipinski definition) is 3. The van der Waals surface area contributed by atoms with E-state index >= 15 is 0 Å². The zero-order valence-corrected chi connectivity index (χ0v) is 10.3. The molecule has 98 valence electrons. The van der Waals surface area contributed by atoms with E-state index in [9.17, 15) is 4.79 Å². The Morgan fingerprint density at radius 3 is 2.89 bits per heavy atom. The molecule has 0 saturated carbocycles. The first-order valence-corrected chi connectivity index (χ1v) is 6.29. The number of ether oxygens (including phenoxy) is 1. The smallest absolute Gasteiger partial charge is 0.410 e. The summed E-state index contributed by atoms with van der Waals surface area (Å²) in [6, 6.07) is 9.49. The third kappa shape index (κ3) is 4.35. The van der Waals surface area contributed by atoms with Gasteiger partial charge in [0.05, 0.1) is 0 Å². The lowest BCUT2D eigenvalue weighted by Gasteiger charge is -2.24. The summed E-state index contributed by atoms with van der Waals surface area (Å²) in [6.07, 6.45) is 0.502. The second-order valence-corrected chi connectivity index (χ2v) is 4.27. The first-order valence-electron chi connectivity index (χ1n) is 6.29. The lowest BCUT2D eigenvalue weighted by molar-refractivity contribution is 0.199. The van der Waals surface area contributed by atoms with Gasteiger partial charge in [0.15, 0.2) is 0 Å². The molecule has 1 amide bonds. The number of rotatable bonds is 4. The highest BCUT2D eigenvalue weighted by molar-refractivity contribution is 5.70. The fourth-order valence-electron chi connectivity index (χ4n) is 1.90. The van der Waals surface area contributed by atoms with E-state index in [0.29, 0.717) is 18.3 Å². The van der Waals surface area contributed by atoms with Gasteiger partial charge in [0.1, 0.15) is 5.75 Å². The van der Waals surface area contributed by atoms with Crippen molar-refractivity contribution in [3.8, 4) is 5.75 Å². The minimum Gasteiger partial charge on any atom is -0.410 e. The van der Waals surface area contributed by atoms with E-state index in [1.54, 1.807) is 12.1 Å². The minimum atomic E-state index is -0.398. The molecule has 0 aliphatic carbocycles. The van der Waals surface area contributed by atoms with Crippen LogP contribution in [-0.4, -0.2) is 38.3 Å². The number of carbonyl (C=O) groups is 1. The van der Waals surface area contributed by atoms with Gasteiger partial charge in [-0.05, 0) is 18.6 Å². The first kappa shape index (κ1) is 12.9. The molecule has 0 spiro atoms. The third-order valence-electron chi connectivity index (χ3n) is 2.84. The van der Waals surface area contributed by atoms with Crippen molar-refractivity contribution in [2.75, 3.05) is 26.2 Å². The van der Waals surface area contributed by atoms with E-state index in [0.717, 1.165) is 26.1 Å². The summed E-state index contributed by atoms with van der Waals surface area (Å²) in [7, 11) is 0. The second kappa shape index (κ2) is 6.98. The molecular formula is C13H19N3O2. The van der Waals surface area contributed by atoms with Crippen LogP contribution in [0.3, 0.4) is 0 Å². The first-order chi connectivity index (χ1) is 8.84. The van der Waals surface area contributed by atoms with Crippen molar-refractivity contribution < 1.29 is 9.53 Å². The number of carbonyl (C=O) groups excluding carboxylic acids is 1. The van der Waals surface area contributed by atoms with Crippen molar-refractivity contribution >= 4 is 6.09 Å². The number of amides is 1. The molecule has 0 radical (unpaired) electrons. The topological polar surface area (TPSA) is 62.4 Å². The van der Waals surface area contributed by atoms with Gasteiger partial charge in [-0.15, -0.1) is 0 Å². The maximum Gasteiger partial charge on any atom is 0.412 e. The van der Waals surface area contributed by atoms with Crippen LogP contribution in [0.1, 0.15) is 6.42 Å². The van der Waals surface area contributed by atoms with Crippen LogP contribution in [0.4, 0.5) is 4.79 Å². The molecule has 0 aromatic heterocycles. The highest BCUT2D eigenvalue weighted by Crippen LogP contribution is 2.07. The van der Waals surface area contributed by atoms with Crippen LogP contribution in [0.15, 0.2) is 30.3 Å². The van der Waals surface area contributed by atoms with Crippen molar-refractivity contribution in [3.63, 3.8) is 0 Å². The molecule has 1 aromatic carbocycles. The Morgan fingerprint density at radius 2 is 2.17 bits per heavy atom. The van der Waals surface area contributed by atoms with E-state index < -0.39 is 6.09 Å². The van der Waals surface area contributed by atoms with Crippen LogP contribution in [0.5, 0.6) is 5.75 Å². The molecule has 18 heavy (non-hydrogen) atoms. The zero-order valence-electron chi connectivity index (χ0n) is 10.3. The monoisotopic (exact) mass is 249 g/mol. The average Bonchev–Trinajstić information content (AvgIpc) is 2.41. The second-order valence-electron chi connectivity index (χ2n) is 4.27. The van der Waals surface area contributed by atoms with Gasteiger partial charge >= 0.3 is 6.09 Å². The fourth-order valence-corrected chi connectivity index (χ4v) is 1.90. The average molecular weight is 249 g/mol. The molecule has 1 atom stereocenters. The number of hydrogen-bond acceptors (Lipinski definition) is 4. The summed E-state index contributed by atoms with van der Waals surface area (Å²) >= 11 is 0. The largest absolute Gasteiger partial charge is 0.412 e. The van der Waals surface area contributed by atoms with Crippen molar-refractivity contribution in [1.82, 2.24) is 16.0 Å². The van der Waals surface area contributed by atoms with Gasteiger partial charge in [0, 0.05) is 32.2 Å². The molecule has 2 rings (SSSR count). The molecule has 1 heterocycles. The molecule has 5 nitrogen and oxygen atoms in total. The third-order valence-corrected chi connectivity index (χ3v) is 2.84. The van der Waals surface area contributed by atoms with Crippen molar-refractivity contribution in [2.45, 2.75) is 12.5 Å². The van der Waals surface area contributed by atoms with Gasteiger partial charge in [0.25, 0.3) is 0 Å². The van der Waals surface area contributed by atoms with Crippen LogP contribution >= 0.6 is 0 Å². The maximum atomic E-state index is 11.5. The molecule has 1 aliphatic rings. The fraction of sp³-hybridized carbons (Fsp3) is 0.462. The molecule has 1 saturated heterocycles. The van der Waals surface area contributed by atoms with Crippen molar-refractivity contribution in [3.05, 3.63) is 30.3 Å². The summed E-state index contributed by atoms with van der Waals surface area (Å²) in [5.41, 5.74) is 0. The highest BCUT2D eigenvalue weighted by Gasteiger charge is 2.12. The molecule has 1 aromatic rings. The van der Waals surface area contributed by atoms with E-state index in [2.05, 4.69) is 16.0 Å². The summed E-state index contributed by atoms with van der Waals surface area (Å²) in [5, 5.41) is 9.44. The van der Waals surface area contributed by atoms with Crippen LogP contribution in [0.25, 0.3) is 0 Å². The molecule has 1 fully saturated rings. The van der Waals surface area contributed by atoms with E-state index in [1.165, 1.54) is 0 Å². The Balaban J connectivity index is 1.62. The summed E-state index contributed by atoms with van der Waals surface area (Å²) < 4.78 is 5.12. The van der Waals surface area contributed by atoms with Crippen molar-refractivity contribution in [1.29, 1.82) is 0 Å². The number of piperazine rings is 1. The highest BCUT2D eigenvalue weighted by atomic mass is 16.5. The van der Waals surface area contributed by atoms with Crippen LogP contribution in [0, 0.1) is 0 Å². The zero-order chi connectivity index (χ0) is 12.6. The van der Waals surface area contributed by atoms with Crippen LogP contribution in [-0.2, 0) is 0 Å². The maximum absolute atomic E-state index is 11.5. The molecule has 3 N–H and O–H groups in total. The quantitative estimate of drug-likeness (QED) is 0.736. The van der Waals surface area contributed by atoms with Gasteiger partial charge in [-0.25, -0.2) is 4.79 Å². The minimum absolute atomic E-state index is 0.398. The Bertz CT molecular complexity index is 364.